The maximum Gasteiger partial charge on any atom is 0.137 e. The van der Waals surface area contributed by atoms with Crippen LogP contribution in [0.15, 0.2) is 25.0 Å². The number of aliphatic hydroxyl groups excluding tert-OH is 2. The Hall–Kier alpha value is -2.03. The summed E-state index contributed by atoms with van der Waals surface area (Å²) in [6.45, 7) is -0.210. The van der Waals surface area contributed by atoms with Crippen molar-refractivity contribution in [3.05, 3.63) is 25.0 Å². The maximum atomic E-state index is 9.73. The highest BCUT2D eigenvalue weighted by Gasteiger charge is 2.34. The Bertz CT molecular complexity index is 602. The summed E-state index contributed by atoms with van der Waals surface area (Å²) >= 11 is 0. The molecule has 0 saturated carbocycles. The fraction of sp³-hybridized carbons (Fsp3) is 0.417. The van der Waals surface area contributed by atoms with Gasteiger partial charge in [-0.3, -0.25) is 0 Å². The van der Waals surface area contributed by atoms with Gasteiger partial charge in [0, 0.05) is 18.8 Å². The van der Waals surface area contributed by atoms with Crippen LogP contribution in [0.5, 0.6) is 0 Å². The summed E-state index contributed by atoms with van der Waals surface area (Å²) in [5.41, 5.74) is 7.05. The number of anilines is 1. The Morgan fingerprint density at radius 2 is 2.30 bits per heavy atom. The van der Waals surface area contributed by atoms with Crippen molar-refractivity contribution in [2.45, 2.75) is 24.9 Å². The van der Waals surface area contributed by atoms with Gasteiger partial charge < -0.3 is 25.3 Å². The van der Waals surface area contributed by atoms with Crippen molar-refractivity contribution < 1.29 is 14.9 Å². The molecule has 106 valence electrons. The summed E-state index contributed by atoms with van der Waals surface area (Å²) in [5, 5.41) is 18.8. The predicted octanol–water partition coefficient (Wildman–Crippen LogP) is -0.437. The third-order valence-corrected chi connectivity index (χ3v) is 3.34. The second-order valence-corrected chi connectivity index (χ2v) is 4.64. The summed E-state index contributed by atoms with van der Waals surface area (Å²) in [4.78, 5) is 12.1. The first kappa shape index (κ1) is 13.0. The fourth-order valence-corrected chi connectivity index (χ4v) is 2.23. The number of aromatic nitrogens is 4. The quantitative estimate of drug-likeness (QED) is 0.696. The molecule has 3 heterocycles. The molecule has 1 saturated heterocycles. The number of rotatable bonds is 3. The lowest BCUT2D eigenvalue weighted by Gasteiger charge is -2.12. The normalized spacial score (nSPS) is 26.0. The first-order valence-corrected chi connectivity index (χ1v) is 6.22. The molecule has 20 heavy (non-hydrogen) atoms. The van der Waals surface area contributed by atoms with E-state index in [1.807, 2.05) is 0 Å². The van der Waals surface area contributed by atoms with E-state index >= 15 is 0 Å². The third-order valence-electron chi connectivity index (χ3n) is 3.34. The molecule has 3 rings (SSSR count). The Balaban J connectivity index is 1.83. The van der Waals surface area contributed by atoms with E-state index < -0.39 is 12.2 Å². The zero-order valence-electron chi connectivity index (χ0n) is 10.6. The van der Waals surface area contributed by atoms with Crippen molar-refractivity contribution in [2.75, 3.05) is 12.3 Å². The lowest BCUT2D eigenvalue weighted by atomic mass is 10.2. The molecule has 8 nitrogen and oxygen atoms in total. The summed E-state index contributed by atoms with van der Waals surface area (Å²) < 4.78 is 7.29. The molecule has 0 amide bonds. The molecular weight excluding hydrogens is 262 g/mol. The van der Waals surface area contributed by atoms with Crippen LogP contribution in [-0.2, 0) is 4.74 Å². The van der Waals surface area contributed by atoms with E-state index in [0.29, 0.717) is 23.5 Å². The average molecular weight is 277 g/mol. The summed E-state index contributed by atoms with van der Waals surface area (Å²) in [5.74, 6) is 0.353. The summed E-state index contributed by atoms with van der Waals surface area (Å²) in [6.07, 6.45) is 5.13. The number of nitrogens with two attached hydrogens (primary N) is 1. The number of imidazole rings is 1. The predicted molar refractivity (Wildman–Crippen MR) is 69.3 cm³/mol. The minimum atomic E-state index is -0.680. The molecule has 0 radical (unpaired) electrons. The fourth-order valence-electron chi connectivity index (χ4n) is 2.23. The molecule has 0 bridgehead atoms. The van der Waals surface area contributed by atoms with E-state index in [9.17, 15) is 5.11 Å². The van der Waals surface area contributed by atoms with Crippen molar-refractivity contribution in [3.8, 4) is 11.3 Å². The lowest BCUT2D eigenvalue weighted by molar-refractivity contribution is -0.0443. The molecule has 1 fully saturated rings. The van der Waals surface area contributed by atoms with Crippen LogP contribution in [0.4, 0.5) is 5.82 Å². The Labute approximate surface area is 114 Å². The first-order chi connectivity index (χ1) is 9.69. The van der Waals surface area contributed by atoms with Gasteiger partial charge in [0.15, 0.2) is 0 Å². The second kappa shape index (κ2) is 5.16. The van der Waals surface area contributed by atoms with Crippen LogP contribution in [0.2, 0.25) is 0 Å². The van der Waals surface area contributed by atoms with Gasteiger partial charge in [0.1, 0.15) is 24.5 Å². The maximum absolute atomic E-state index is 9.73. The largest absolute Gasteiger partial charge is 0.394 e. The highest BCUT2D eigenvalue weighted by Crippen LogP contribution is 2.30. The van der Waals surface area contributed by atoms with Crippen LogP contribution in [0.1, 0.15) is 12.6 Å². The molecule has 8 heteroatoms. The first-order valence-electron chi connectivity index (χ1n) is 6.22. The SMILES string of the molecule is Nc1ncncc1-c1cn([C@H]2C[C@H](O)[C@@H](CO)O2)cn1. The van der Waals surface area contributed by atoms with Gasteiger partial charge in [-0.15, -0.1) is 0 Å². The van der Waals surface area contributed by atoms with E-state index in [1.54, 1.807) is 23.3 Å². The molecular formula is C12H15N5O3. The van der Waals surface area contributed by atoms with Crippen molar-refractivity contribution in [1.29, 1.82) is 0 Å². The Kier molecular flexibility index (Phi) is 3.35. The van der Waals surface area contributed by atoms with Gasteiger partial charge in [-0.2, -0.15) is 0 Å². The smallest absolute Gasteiger partial charge is 0.137 e. The van der Waals surface area contributed by atoms with E-state index in [1.165, 1.54) is 6.33 Å². The van der Waals surface area contributed by atoms with Crippen LogP contribution in [-0.4, -0.2) is 48.5 Å². The van der Waals surface area contributed by atoms with Gasteiger partial charge >= 0.3 is 0 Å². The third kappa shape index (κ3) is 2.24. The molecule has 0 aliphatic carbocycles. The topological polar surface area (TPSA) is 119 Å². The molecule has 2 aromatic rings. The second-order valence-electron chi connectivity index (χ2n) is 4.64. The van der Waals surface area contributed by atoms with E-state index in [4.69, 9.17) is 15.6 Å². The monoisotopic (exact) mass is 277 g/mol. The van der Waals surface area contributed by atoms with Crippen molar-refractivity contribution >= 4 is 5.82 Å². The number of nitrogen functional groups attached to an aromatic ring is 1. The van der Waals surface area contributed by atoms with Crippen molar-refractivity contribution in [3.63, 3.8) is 0 Å². The number of aliphatic hydroxyl groups is 2. The highest BCUT2D eigenvalue weighted by atomic mass is 16.5. The molecule has 0 unspecified atom stereocenters. The van der Waals surface area contributed by atoms with Gasteiger partial charge in [-0.25, -0.2) is 15.0 Å². The van der Waals surface area contributed by atoms with Gasteiger partial charge in [-0.1, -0.05) is 0 Å². The molecule has 0 aromatic carbocycles. The Morgan fingerprint density at radius 3 is 3.00 bits per heavy atom. The Morgan fingerprint density at radius 1 is 1.45 bits per heavy atom. The van der Waals surface area contributed by atoms with Crippen LogP contribution in [0.3, 0.4) is 0 Å². The summed E-state index contributed by atoms with van der Waals surface area (Å²) in [7, 11) is 0. The minimum absolute atomic E-state index is 0.210. The van der Waals surface area contributed by atoms with Gasteiger partial charge in [-0.05, 0) is 0 Å². The van der Waals surface area contributed by atoms with Gasteiger partial charge in [0.25, 0.3) is 0 Å². The standard InChI is InChI=1S/C12H15N5O3/c13-12-7(2-14-5-15-12)8-3-17(6-16-8)11-1-9(19)10(4-18)20-11/h2-3,5-6,9-11,18-19H,1,4H2,(H2,13,14,15)/t9-,10+,11+/m0/s1. The lowest BCUT2D eigenvalue weighted by Crippen LogP contribution is -2.24. The van der Waals surface area contributed by atoms with Crippen LogP contribution >= 0.6 is 0 Å². The molecule has 4 N–H and O–H groups in total. The molecule has 2 aromatic heterocycles. The molecule has 0 spiro atoms. The van der Waals surface area contributed by atoms with E-state index in [2.05, 4.69) is 15.0 Å². The van der Waals surface area contributed by atoms with Gasteiger partial charge in [0.2, 0.25) is 0 Å². The van der Waals surface area contributed by atoms with Crippen LogP contribution < -0.4 is 5.73 Å². The minimum Gasteiger partial charge on any atom is -0.394 e. The molecule has 1 aliphatic rings. The van der Waals surface area contributed by atoms with Crippen LogP contribution in [0.25, 0.3) is 11.3 Å². The van der Waals surface area contributed by atoms with Crippen LogP contribution in [0, 0.1) is 0 Å². The van der Waals surface area contributed by atoms with Crippen molar-refractivity contribution in [1.82, 2.24) is 19.5 Å². The molecule has 1 aliphatic heterocycles. The highest BCUT2D eigenvalue weighted by molar-refractivity contribution is 5.68. The van der Waals surface area contributed by atoms with Crippen molar-refractivity contribution in [2.24, 2.45) is 0 Å². The number of hydrogen-bond acceptors (Lipinski definition) is 7. The zero-order chi connectivity index (χ0) is 14.1. The zero-order valence-corrected chi connectivity index (χ0v) is 10.6. The summed E-state index contributed by atoms with van der Waals surface area (Å²) in [6, 6.07) is 0. The molecule has 3 atom stereocenters. The average Bonchev–Trinajstić information content (AvgIpc) is 3.05. The van der Waals surface area contributed by atoms with Gasteiger partial charge in [0.05, 0.1) is 30.3 Å². The number of ether oxygens (including phenoxy) is 1. The number of nitrogens with zero attached hydrogens (tertiary/aromatic N) is 4. The van der Waals surface area contributed by atoms with E-state index in [0.717, 1.165) is 0 Å². The van der Waals surface area contributed by atoms with E-state index in [-0.39, 0.29) is 12.8 Å². The number of hydrogen-bond donors (Lipinski definition) is 3.